The third kappa shape index (κ3) is 2.96. The minimum absolute atomic E-state index is 1.01. The second kappa shape index (κ2) is 5.98. The fourth-order valence-corrected chi connectivity index (χ4v) is 2.36. The van der Waals surface area contributed by atoms with Crippen LogP contribution in [0.15, 0.2) is 34.9 Å². The highest BCUT2D eigenvalue weighted by Crippen LogP contribution is 2.29. The van der Waals surface area contributed by atoms with E-state index in [1.165, 1.54) is 16.8 Å². The summed E-state index contributed by atoms with van der Waals surface area (Å²) in [5, 5.41) is 10.4. The molecule has 0 aliphatic carbocycles. The lowest BCUT2D eigenvalue weighted by molar-refractivity contribution is 0.714. The molecular formula is C13H16BrN3. The van der Waals surface area contributed by atoms with E-state index in [0.717, 1.165) is 23.9 Å². The predicted octanol–water partition coefficient (Wildman–Crippen LogP) is 2.99. The molecule has 2 N–H and O–H groups in total. The Morgan fingerprint density at radius 2 is 2.12 bits per heavy atom. The Kier molecular flexibility index (Phi) is 4.34. The summed E-state index contributed by atoms with van der Waals surface area (Å²) in [5.41, 5.74) is 3.58. The summed E-state index contributed by atoms with van der Waals surface area (Å²) >= 11 is 3.58. The molecule has 0 aliphatic heterocycles. The first kappa shape index (κ1) is 12.3. The minimum atomic E-state index is 1.01. The normalized spacial score (nSPS) is 10.7. The summed E-state index contributed by atoms with van der Waals surface area (Å²) < 4.78 is 1.11. The van der Waals surface area contributed by atoms with Gasteiger partial charge in [-0.2, -0.15) is 5.10 Å². The van der Waals surface area contributed by atoms with E-state index in [0.29, 0.717) is 0 Å². The van der Waals surface area contributed by atoms with Gasteiger partial charge < -0.3 is 5.32 Å². The fraction of sp³-hybridized carbons (Fsp3) is 0.308. The lowest BCUT2D eigenvalue weighted by atomic mass is 10.0. The van der Waals surface area contributed by atoms with E-state index in [1.54, 1.807) is 0 Å². The predicted molar refractivity (Wildman–Crippen MR) is 74.0 cm³/mol. The number of aromatic nitrogens is 2. The molecule has 3 nitrogen and oxygen atoms in total. The van der Waals surface area contributed by atoms with E-state index in [2.05, 4.69) is 43.6 Å². The summed E-state index contributed by atoms with van der Waals surface area (Å²) in [6.45, 7) is 1.02. The molecule has 2 rings (SSSR count). The molecule has 0 saturated carbocycles. The Balaban J connectivity index is 2.22. The standard InChI is InChI=1S/C13H16BrN3/c1-15-8-4-7-13-11(9-16-17-13)10-5-2-3-6-12(10)14/h2-3,5-6,9,15H,4,7-8H2,1H3,(H,16,17). The lowest BCUT2D eigenvalue weighted by Crippen LogP contribution is -2.08. The molecule has 1 heterocycles. The number of H-pyrrole nitrogens is 1. The van der Waals surface area contributed by atoms with Gasteiger partial charge in [0.2, 0.25) is 0 Å². The number of aromatic amines is 1. The van der Waals surface area contributed by atoms with Crippen molar-refractivity contribution in [2.75, 3.05) is 13.6 Å². The molecule has 1 aromatic carbocycles. The van der Waals surface area contributed by atoms with E-state index in [9.17, 15) is 0 Å². The van der Waals surface area contributed by atoms with Crippen LogP contribution in [0, 0.1) is 0 Å². The molecule has 0 unspecified atom stereocenters. The van der Waals surface area contributed by atoms with Crippen molar-refractivity contribution in [3.63, 3.8) is 0 Å². The maximum Gasteiger partial charge on any atom is 0.0569 e. The SMILES string of the molecule is CNCCCc1[nH]ncc1-c1ccccc1Br. The minimum Gasteiger partial charge on any atom is -0.320 e. The molecule has 90 valence electrons. The molecule has 0 spiro atoms. The molecule has 0 atom stereocenters. The van der Waals surface area contributed by atoms with Crippen LogP contribution in [0.4, 0.5) is 0 Å². The average Bonchev–Trinajstić information content (AvgIpc) is 2.78. The maximum absolute atomic E-state index is 4.15. The van der Waals surface area contributed by atoms with Crippen molar-refractivity contribution >= 4 is 15.9 Å². The summed E-state index contributed by atoms with van der Waals surface area (Å²) in [7, 11) is 1.97. The molecular weight excluding hydrogens is 278 g/mol. The highest BCUT2D eigenvalue weighted by molar-refractivity contribution is 9.10. The zero-order valence-corrected chi connectivity index (χ0v) is 11.4. The van der Waals surface area contributed by atoms with Crippen LogP contribution in [0.1, 0.15) is 12.1 Å². The van der Waals surface area contributed by atoms with Gasteiger partial charge in [0.15, 0.2) is 0 Å². The maximum atomic E-state index is 4.15. The zero-order chi connectivity index (χ0) is 12.1. The molecule has 0 radical (unpaired) electrons. The van der Waals surface area contributed by atoms with Crippen LogP contribution in [-0.2, 0) is 6.42 Å². The van der Waals surface area contributed by atoms with Gasteiger partial charge in [-0.1, -0.05) is 34.1 Å². The van der Waals surface area contributed by atoms with Gasteiger partial charge in [-0.15, -0.1) is 0 Å². The first-order chi connectivity index (χ1) is 8.33. The quantitative estimate of drug-likeness (QED) is 0.832. The number of nitrogens with zero attached hydrogens (tertiary/aromatic N) is 1. The van der Waals surface area contributed by atoms with Crippen LogP contribution in [0.3, 0.4) is 0 Å². The van der Waals surface area contributed by atoms with Crippen LogP contribution in [0.5, 0.6) is 0 Å². The van der Waals surface area contributed by atoms with Gasteiger partial charge in [0.05, 0.1) is 6.20 Å². The van der Waals surface area contributed by atoms with Crippen LogP contribution >= 0.6 is 15.9 Å². The summed E-state index contributed by atoms with van der Waals surface area (Å²) in [6.07, 6.45) is 4.02. The van der Waals surface area contributed by atoms with Crippen LogP contribution in [0.25, 0.3) is 11.1 Å². The highest BCUT2D eigenvalue weighted by atomic mass is 79.9. The number of hydrogen-bond donors (Lipinski definition) is 2. The monoisotopic (exact) mass is 293 g/mol. The van der Waals surface area contributed by atoms with Crippen LogP contribution in [0.2, 0.25) is 0 Å². The molecule has 0 aliphatic rings. The van der Waals surface area contributed by atoms with Gasteiger partial charge in [0.1, 0.15) is 0 Å². The topological polar surface area (TPSA) is 40.7 Å². The second-order valence-corrected chi connectivity index (χ2v) is 4.80. The first-order valence-electron chi connectivity index (χ1n) is 5.74. The van der Waals surface area contributed by atoms with E-state index in [4.69, 9.17) is 0 Å². The van der Waals surface area contributed by atoms with Crippen molar-refractivity contribution < 1.29 is 0 Å². The molecule has 17 heavy (non-hydrogen) atoms. The number of benzene rings is 1. The van der Waals surface area contributed by atoms with E-state index in [-0.39, 0.29) is 0 Å². The Labute approximate surface area is 110 Å². The van der Waals surface area contributed by atoms with Crippen LogP contribution in [-0.4, -0.2) is 23.8 Å². The van der Waals surface area contributed by atoms with Gasteiger partial charge in [0.25, 0.3) is 0 Å². The number of hydrogen-bond acceptors (Lipinski definition) is 2. The molecule has 0 amide bonds. The van der Waals surface area contributed by atoms with E-state index < -0.39 is 0 Å². The first-order valence-corrected chi connectivity index (χ1v) is 6.54. The third-order valence-electron chi connectivity index (χ3n) is 2.74. The number of halogens is 1. The summed E-state index contributed by atoms with van der Waals surface area (Å²) in [5.74, 6) is 0. The van der Waals surface area contributed by atoms with Gasteiger partial charge in [-0.3, -0.25) is 5.10 Å². The Morgan fingerprint density at radius 3 is 2.88 bits per heavy atom. The van der Waals surface area contributed by atoms with Crippen molar-refractivity contribution in [1.82, 2.24) is 15.5 Å². The molecule has 2 aromatic rings. The number of nitrogens with one attached hydrogen (secondary N) is 2. The summed E-state index contributed by atoms with van der Waals surface area (Å²) in [4.78, 5) is 0. The fourth-order valence-electron chi connectivity index (χ4n) is 1.86. The van der Waals surface area contributed by atoms with Crippen molar-refractivity contribution in [3.05, 3.63) is 40.6 Å². The average molecular weight is 294 g/mol. The van der Waals surface area contributed by atoms with Crippen LogP contribution < -0.4 is 5.32 Å². The van der Waals surface area contributed by atoms with Gasteiger partial charge >= 0.3 is 0 Å². The van der Waals surface area contributed by atoms with Gasteiger partial charge in [0, 0.05) is 15.7 Å². The second-order valence-electron chi connectivity index (χ2n) is 3.95. The smallest absolute Gasteiger partial charge is 0.0569 e. The van der Waals surface area contributed by atoms with Gasteiger partial charge in [-0.05, 0) is 38.1 Å². The van der Waals surface area contributed by atoms with Crippen molar-refractivity contribution in [2.45, 2.75) is 12.8 Å². The summed E-state index contributed by atoms with van der Waals surface area (Å²) in [6, 6.07) is 8.23. The van der Waals surface area contributed by atoms with E-state index in [1.807, 2.05) is 25.4 Å². The van der Waals surface area contributed by atoms with Gasteiger partial charge in [-0.25, -0.2) is 0 Å². The molecule has 4 heteroatoms. The lowest BCUT2D eigenvalue weighted by Gasteiger charge is -2.05. The molecule has 1 aromatic heterocycles. The molecule has 0 saturated heterocycles. The zero-order valence-electron chi connectivity index (χ0n) is 9.83. The van der Waals surface area contributed by atoms with E-state index >= 15 is 0 Å². The Hall–Kier alpha value is -1.13. The largest absolute Gasteiger partial charge is 0.320 e. The van der Waals surface area contributed by atoms with Crippen molar-refractivity contribution in [2.24, 2.45) is 0 Å². The number of aryl methyl sites for hydroxylation is 1. The molecule has 0 bridgehead atoms. The Bertz CT molecular complexity index is 479. The third-order valence-corrected chi connectivity index (χ3v) is 3.43. The number of rotatable bonds is 5. The highest BCUT2D eigenvalue weighted by Gasteiger charge is 2.09. The molecule has 0 fully saturated rings. The Morgan fingerprint density at radius 1 is 1.29 bits per heavy atom. The van der Waals surface area contributed by atoms with Crippen molar-refractivity contribution in [3.8, 4) is 11.1 Å². The van der Waals surface area contributed by atoms with Crippen molar-refractivity contribution in [1.29, 1.82) is 0 Å².